The number of ether oxygens (including phenoxy) is 1. The molecule has 2 rings (SSSR count). The zero-order valence-corrected chi connectivity index (χ0v) is 15.9. The van der Waals surface area contributed by atoms with Crippen molar-refractivity contribution in [2.45, 2.75) is 57.3 Å². The van der Waals surface area contributed by atoms with Crippen molar-refractivity contribution in [3.05, 3.63) is 24.3 Å². The van der Waals surface area contributed by atoms with Crippen LogP contribution in [-0.4, -0.2) is 59.4 Å². The van der Waals surface area contributed by atoms with Gasteiger partial charge in [0.2, 0.25) is 0 Å². The van der Waals surface area contributed by atoms with E-state index < -0.39 is 24.1 Å². The maximum atomic E-state index is 11.9. The van der Waals surface area contributed by atoms with E-state index in [2.05, 4.69) is 12.2 Å². The molecule has 1 heterocycles. The molecule has 0 bridgehead atoms. The highest BCUT2D eigenvalue weighted by atomic mass is 16.5. The molecule has 1 saturated carbocycles. The number of aliphatic carboxylic acids is 1. The largest absolute Gasteiger partial charge is 0.480 e. The van der Waals surface area contributed by atoms with Gasteiger partial charge >= 0.3 is 11.9 Å². The van der Waals surface area contributed by atoms with E-state index in [1.807, 2.05) is 6.92 Å². The first-order valence-electron chi connectivity index (χ1n) is 9.42. The molecule has 1 unspecified atom stereocenters. The van der Waals surface area contributed by atoms with Crippen molar-refractivity contribution < 1.29 is 24.5 Å². The molecule has 146 valence electrons. The molecule has 1 fully saturated rings. The Bertz CT molecular complexity index is 556. The molecule has 0 radical (unpaired) electrons. The van der Waals surface area contributed by atoms with E-state index in [1.54, 1.807) is 19.0 Å². The van der Waals surface area contributed by atoms with Gasteiger partial charge in [-0.3, -0.25) is 9.69 Å². The van der Waals surface area contributed by atoms with Crippen molar-refractivity contribution >= 4 is 11.9 Å². The topological polar surface area (TPSA) is 87.1 Å². The second-order valence-corrected chi connectivity index (χ2v) is 7.76. The molecule has 1 aliphatic heterocycles. The molecule has 0 aromatic heterocycles. The first kappa shape index (κ1) is 20.6. The SMILES string of the molecule is C[C@H]1CCC/C=C/[C@@H]2C[C@H](C(C(=O)O)N(C)C)C[C@H]2[C@H](O)/C=C/C(=O)O1. The number of rotatable bonds is 3. The van der Waals surface area contributed by atoms with Gasteiger partial charge in [-0.2, -0.15) is 0 Å². The van der Waals surface area contributed by atoms with Gasteiger partial charge in [-0.25, -0.2) is 4.79 Å². The average molecular weight is 365 g/mol. The molecule has 26 heavy (non-hydrogen) atoms. The van der Waals surface area contributed by atoms with Crippen molar-refractivity contribution in [3.63, 3.8) is 0 Å². The molecule has 2 aliphatic rings. The number of carbonyl (C=O) groups is 2. The Morgan fingerprint density at radius 2 is 2.04 bits per heavy atom. The minimum absolute atomic E-state index is 0.0370. The van der Waals surface area contributed by atoms with Crippen LogP contribution in [0.4, 0.5) is 0 Å². The number of carboxylic acid groups (broad SMARTS) is 1. The molecule has 6 atom stereocenters. The number of likely N-dealkylation sites (N-methyl/N-ethyl adjacent to an activating group) is 1. The molecule has 0 aromatic rings. The highest BCUT2D eigenvalue weighted by Gasteiger charge is 2.42. The molecule has 0 amide bonds. The normalized spacial score (nSPS) is 36.8. The van der Waals surface area contributed by atoms with E-state index in [0.29, 0.717) is 6.42 Å². The fourth-order valence-corrected chi connectivity index (χ4v) is 4.27. The number of cyclic esters (lactones) is 1. The predicted molar refractivity (Wildman–Crippen MR) is 98.5 cm³/mol. The summed E-state index contributed by atoms with van der Waals surface area (Å²) in [5, 5.41) is 20.2. The average Bonchev–Trinajstić information content (AvgIpc) is 2.94. The van der Waals surface area contributed by atoms with Crippen LogP contribution >= 0.6 is 0 Å². The smallest absolute Gasteiger partial charge is 0.330 e. The first-order valence-corrected chi connectivity index (χ1v) is 9.42. The lowest BCUT2D eigenvalue weighted by Crippen LogP contribution is -2.41. The Morgan fingerprint density at radius 3 is 2.69 bits per heavy atom. The van der Waals surface area contributed by atoms with Crippen LogP contribution in [-0.2, 0) is 14.3 Å². The number of hydrogen-bond donors (Lipinski definition) is 2. The Labute approximate surface area is 155 Å². The molecule has 6 heteroatoms. The van der Waals surface area contributed by atoms with E-state index in [4.69, 9.17) is 4.74 Å². The van der Waals surface area contributed by atoms with Crippen LogP contribution in [0.1, 0.15) is 39.0 Å². The van der Waals surface area contributed by atoms with Crippen LogP contribution in [0.3, 0.4) is 0 Å². The van der Waals surface area contributed by atoms with Crippen LogP contribution in [0.25, 0.3) is 0 Å². The van der Waals surface area contributed by atoms with Gasteiger partial charge in [0.25, 0.3) is 0 Å². The van der Waals surface area contributed by atoms with Gasteiger partial charge in [-0.15, -0.1) is 0 Å². The van der Waals surface area contributed by atoms with Crippen LogP contribution in [0.2, 0.25) is 0 Å². The van der Waals surface area contributed by atoms with Gasteiger partial charge in [-0.05, 0) is 77.0 Å². The van der Waals surface area contributed by atoms with Crippen molar-refractivity contribution in [2.24, 2.45) is 17.8 Å². The summed E-state index contributed by atoms with van der Waals surface area (Å²) in [6.07, 6.45) is 10.0. The third kappa shape index (κ3) is 5.42. The maximum Gasteiger partial charge on any atom is 0.330 e. The van der Waals surface area contributed by atoms with Gasteiger partial charge in [-0.1, -0.05) is 12.2 Å². The summed E-state index contributed by atoms with van der Waals surface area (Å²) >= 11 is 0. The van der Waals surface area contributed by atoms with Crippen molar-refractivity contribution in [1.82, 2.24) is 4.90 Å². The number of nitrogens with zero attached hydrogens (tertiary/aromatic N) is 1. The quantitative estimate of drug-likeness (QED) is 0.589. The third-order valence-corrected chi connectivity index (χ3v) is 5.51. The first-order chi connectivity index (χ1) is 12.3. The van der Waals surface area contributed by atoms with Crippen molar-refractivity contribution in [3.8, 4) is 0 Å². The van der Waals surface area contributed by atoms with Crippen LogP contribution in [0, 0.1) is 17.8 Å². The monoisotopic (exact) mass is 365 g/mol. The zero-order valence-electron chi connectivity index (χ0n) is 15.9. The molecule has 0 spiro atoms. The lowest BCUT2D eigenvalue weighted by molar-refractivity contribution is -0.144. The highest BCUT2D eigenvalue weighted by Crippen LogP contribution is 2.42. The number of aliphatic hydroxyl groups excluding tert-OH is 1. The summed E-state index contributed by atoms with van der Waals surface area (Å²) in [5.41, 5.74) is 0. The molecular weight excluding hydrogens is 334 g/mol. The second kappa shape index (κ2) is 9.33. The van der Waals surface area contributed by atoms with Crippen LogP contribution in [0.15, 0.2) is 24.3 Å². The number of allylic oxidation sites excluding steroid dienone is 2. The number of fused-ring (bicyclic) bond motifs is 1. The van der Waals surface area contributed by atoms with Gasteiger partial charge in [0.1, 0.15) is 6.04 Å². The van der Waals surface area contributed by atoms with Gasteiger partial charge in [0, 0.05) is 6.08 Å². The standard InChI is InChI=1S/C20H31NO5/c1-13-7-5-4-6-8-14-11-15(19(20(24)25)21(2)3)12-16(14)17(22)9-10-18(23)26-13/h6,8-10,13-17,19,22H,4-5,7,11-12H2,1-3H3,(H,24,25)/b8-6+,10-9+/t13-,14+,15-,16+,17+,19?/m0/s1. The van der Waals surface area contributed by atoms with Gasteiger partial charge < -0.3 is 14.9 Å². The lowest BCUT2D eigenvalue weighted by Gasteiger charge is -2.26. The minimum Gasteiger partial charge on any atom is -0.480 e. The Morgan fingerprint density at radius 1 is 1.31 bits per heavy atom. The maximum absolute atomic E-state index is 11.9. The molecule has 1 aliphatic carbocycles. The Balaban J connectivity index is 2.20. The summed E-state index contributed by atoms with van der Waals surface area (Å²) in [4.78, 5) is 25.3. The molecular formula is C20H31NO5. The fraction of sp³-hybridized carbons (Fsp3) is 0.700. The molecule has 2 N–H and O–H groups in total. The number of carboxylic acids is 1. The van der Waals surface area contributed by atoms with E-state index in [1.165, 1.54) is 12.2 Å². The van der Waals surface area contributed by atoms with E-state index in [-0.39, 0.29) is 23.9 Å². The number of hydrogen-bond acceptors (Lipinski definition) is 5. The summed E-state index contributed by atoms with van der Waals surface area (Å²) in [7, 11) is 3.55. The van der Waals surface area contributed by atoms with Crippen molar-refractivity contribution in [1.29, 1.82) is 0 Å². The summed E-state index contributed by atoms with van der Waals surface area (Å²) in [6, 6.07) is -0.572. The number of esters is 1. The molecule has 0 saturated heterocycles. The van der Waals surface area contributed by atoms with Gasteiger partial charge in [0.05, 0.1) is 12.2 Å². The lowest BCUT2D eigenvalue weighted by atomic mass is 9.89. The summed E-state index contributed by atoms with van der Waals surface area (Å²) in [6.45, 7) is 1.87. The zero-order chi connectivity index (χ0) is 19.3. The van der Waals surface area contributed by atoms with E-state index in [0.717, 1.165) is 25.7 Å². The Hall–Kier alpha value is -1.66. The highest BCUT2D eigenvalue weighted by molar-refractivity contribution is 5.82. The molecule has 0 aromatic carbocycles. The predicted octanol–water partition coefficient (Wildman–Crippen LogP) is 2.23. The van der Waals surface area contributed by atoms with Gasteiger partial charge in [0.15, 0.2) is 0 Å². The second-order valence-electron chi connectivity index (χ2n) is 7.76. The van der Waals surface area contributed by atoms with E-state index >= 15 is 0 Å². The summed E-state index contributed by atoms with van der Waals surface area (Å²) < 4.78 is 5.30. The van der Waals surface area contributed by atoms with Crippen LogP contribution < -0.4 is 0 Å². The fourth-order valence-electron chi connectivity index (χ4n) is 4.27. The van der Waals surface area contributed by atoms with Crippen LogP contribution in [0.5, 0.6) is 0 Å². The number of carbonyl (C=O) groups excluding carboxylic acids is 1. The molecule has 6 nitrogen and oxygen atoms in total. The number of aliphatic hydroxyl groups is 1. The Kier molecular flexibility index (Phi) is 7.41. The third-order valence-electron chi connectivity index (χ3n) is 5.51. The summed E-state index contributed by atoms with van der Waals surface area (Å²) in [5.74, 6) is -1.30. The van der Waals surface area contributed by atoms with Crippen molar-refractivity contribution in [2.75, 3.05) is 14.1 Å². The van der Waals surface area contributed by atoms with E-state index in [9.17, 15) is 19.8 Å². The minimum atomic E-state index is -0.833.